The Morgan fingerprint density at radius 1 is 1.00 bits per heavy atom. The van der Waals surface area contributed by atoms with E-state index >= 15 is 0 Å². The molecule has 1 aromatic heterocycles. The molecular weight excluding hydrogens is 274 g/mol. The van der Waals surface area contributed by atoms with Crippen LogP contribution in [0.5, 0.6) is 0 Å². The summed E-state index contributed by atoms with van der Waals surface area (Å²) in [6.45, 7) is 0. The number of amides is 1. The van der Waals surface area contributed by atoms with Crippen LogP contribution in [0.4, 0.5) is 5.69 Å². The summed E-state index contributed by atoms with van der Waals surface area (Å²) in [6.07, 6.45) is 4.69. The highest BCUT2D eigenvalue weighted by Crippen LogP contribution is 2.11. The van der Waals surface area contributed by atoms with Crippen LogP contribution in [-0.2, 0) is 17.6 Å². The van der Waals surface area contributed by atoms with Crippen molar-refractivity contribution in [3.05, 3.63) is 83.9 Å². The first kappa shape index (κ1) is 14.1. The number of nitrogens with one attached hydrogen (secondary N) is 2. The highest BCUT2D eigenvalue weighted by molar-refractivity contribution is 5.92. The van der Waals surface area contributed by atoms with Crippen LogP contribution in [0.1, 0.15) is 16.8 Å². The molecule has 3 rings (SSSR count). The van der Waals surface area contributed by atoms with Crippen molar-refractivity contribution in [2.24, 2.45) is 0 Å². The van der Waals surface area contributed by atoms with Crippen molar-refractivity contribution in [2.45, 2.75) is 12.8 Å². The first-order valence-electron chi connectivity index (χ1n) is 7.19. The zero-order valence-electron chi connectivity index (χ0n) is 12.1. The minimum absolute atomic E-state index is 0.00693. The molecule has 0 unspecified atom stereocenters. The fraction of sp³-hybridized carbons (Fsp3) is 0.111. The van der Waals surface area contributed by atoms with Crippen LogP contribution < -0.4 is 5.32 Å². The topological polar surface area (TPSA) is 57.8 Å². The summed E-state index contributed by atoms with van der Waals surface area (Å²) in [4.78, 5) is 19.1. The van der Waals surface area contributed by atoms with E-state index in [1.165, 1.54) is 5.56 Å². The molecule has 0 saturated heterocycles. The molecule has 0 atom stereocenters. The van der Waals surface area contributed by atoms with Gasteiger partial charge in [0, 0.05) is 24.0 Å². The molecule has 2 aromatic carbocycles. The monoisotopic (exact) mass is 291 g/mol. The lowest BCUT2D eigenvalue weighted by Gasteiger charge is -2.06. The number of para-hydroxylation sites is 1. The standard InChI is InChI=1S/C18H17N3O/c22-18(21-16-4-2-1-3-5-16)11-15-8-6-14(7-9-15)10-17-12-19-13-20-17/h1-9,12-13H,10-11H2,(H,19,20)(H,21,22). The molecule has 0 aliphatic heterocycles. The van der Waals surface area contributed by atoms with Crippen LogP contribution in [0.2, 0.25) is 0 Å². The Balaban J connectivity index is 1.57. The molecule has 0 aliphatic carbocycles. The summed E-state index contributed by atoms with van der Waals surface area (Å²) in [7, 11) is 0. The lowest BCUT2D eigenvalue weighted by molar-refractivity contribution is -0.115. The molecule has 22 heavy (non-hydrogen) atoms. The third kappa shape index (κ3) is 3.82. The van der Waals surface area contributed by atoms with Crippen LogP contribution >= 0.6 is 0 Å². The normalized spacial score (nSPS) is 10.4. The third-order valence-electron chi connectivity index (χ3n) is 3.39. The Morgan fingerprint density at radius 3 is 2.41 bits per heavy atom. The number of anilines is 1. The molecule has 0 saturated carbocycles. The molecule has 0 aliphatic rings. The Bertz CT molecular complexity index is 719. The summed E-state index contributed by atoms with van der Waals surface area (Å²) < 4.78 is 0. The van der Waals surface area contributed by atoms with E-state index in [1.54, 1.807) is 6.33 Å². The molecule has 1 amide bonds. The van der Waals surface area contributed by atoms with Gasteiger partial charge in [0.05, 0.1) is 12.7 Å². The number of nitrogens with zero attached hydrogens (tertiary/aromatic N) is 1. The number of hydrogen-bond donors (Lipinski definition) is 2. The average molecular weight is 291 g/mol. The third-order valence-corrected chi connectivity index (χ3v) is 3.39. The van der Waals surface area contributed by atoms with Gasteiger partial charge in [0.1, 0.15) is 0 Å². The summed E-state index contributed by atoms with van der Waals surface area (Å²) in [6, 6.07) is 17.6. The molecule has 2 N–H and O–H groups in total. The maximum Gasteiger partial charge on any atom is 0.228 e. The van der Waals surface area contributed by atoms with Gasteiger partial charge in [-0.1, -0.05) is 42.5 Å². The van der Waals surface area contributed by atoms with Gasteiger partial charge < -0.3 is 10.3 Å². The summed E-state index contributed by atoms with van der Waals surface area (Å²) >= 11 is 0. The van der Waals surface area contributed by atoms with Crippen LogP contribution in [0, 0.1) is 0 Å². The molecule has 0 radical (unpaired) electrons. The highest BCUT2D eigenvalue weighted by Gasteiger charge is 2.04. The van der Waals surface area contributed by atoms with E-state index in [2.05, 4.69) is 15.3 Å². The largest absolute Gasteiger partial charge is 0.348 e. The van der Waals surface area contributed by atoms with Crippen LogP contribution in [0.3, 0.4) is 0 Å². The van der Waals surface area contributed by atoms with Crippen molar-refractivity contribution in [1.82, 2.24) is 9.97 Å². The number of carbonyl (C=O) groups excluding carboxylic acids is 1. The fourth-order valence-corrected chi connectivity index (χ4v) is 2.29. The van der Waals surface area contributed by atoms with E-state index in [0.29, 0.717) is 6.42 Å². The van der Waals surface area contributed by atoms with E-state index in [1.807, 2.05) is 60.8 Å². The van der Waals surface area contributed by atoms with Gasteiger partial charge in [-0.15, -0.1) is 0 Å². The summed E-state index contributed by atoms with van der Waals surface area (Å²) in [5, 5.41) is 2.89. The van der Waals surface area contributed by atoms with Crippen LogP contribution in [-0.4, -0.2) is 15.9 Å². The van der Waals surface area contributed by atoms with Gasteiger partial charge in [-0.3, -0.25) is 4.79 Å². The van der Waals surface area contributed by atoms with E-state index in [-0.39, 0.29) is 5.91 Å². The van der Waals surface area contributed by atoms with Gasteiger partial charge in [-0.05, 0) is 23.3 Å². The average Bonchev–Trinajstić information content (AvgIpc) is 3.03. The summed E-state index contributed by atoms with van der Waals surface area (Å²) in [5.74, 6) is -0.00693. The van der Waals surface area contributed by atoms with Crippen LogP contribution in [0.25, 0.3) is 0 Å². The second kappa shape index (κ2) is 6.72. The molecule has 0 spiro atoms. The van der Waals surface area contributed by atoms with E-state index in [9.17, 15) is 4.79 Å². The number of hydrogen-bond acceptors (Lipinski definition) is 2. The Labute approximate surface area is 129 Å². The zero-order chi connectivity index (χ0) is 15.2. The molecule has 0 fully saturated rings. The Kier molecular flexibility index (Phi) is 4.30. The predicted octanol–water partition coefficient (Wildman–Crippen LogP) is 3.18. The van der Waals surface area contributed by atoms with Gasteiger partial charge in [0.2, 0.25) is 5.91 Å². The van der Waals surface area contributed by atoms with Gasteiger partial charge in [0.15, 0.2) is 0 Å². The second-order valence-corrected chi connectivity index (χ2v) is 5.16. The van der Waals surface area contributed by atoms with E-state index in [4.69, 9.17) is 0 Å². The lowest BCUT2D eigenvalue weighted by atomic mass is 10.1. The predicted molar refractivity (Wildman–Crippen MR) is 86.6 cm³/mol. The first-order valence-corrected chi connectivity index (χ1v) is 7.19. The van der Waals surface area contributed by atoms with Crippen molar-refractivity contribution in [3.63, 3.8) is 0 Å². The number of rotatable bonds is 5. The Morgan fingerprint density at radius 2 is 1.73 bits per heavy atom. The maximum absolute atomic E-state index is 12.0. The highest BCUT2D eigenvalue weighted by atomic mass is 16.1. The number of aromatic nitrogens is 2. The van der Waals surface area contributed by atoms with Crippen LogP contribution in [0.15, 0.2) is 67.1 Å². The number of benzene rings is 2. The smallest absolute Gasteiger partial charge is 0.228 e. The van der Waals surface area contributed by atoms with E-state index < -0.39 is 0 Å². The van der Waals surface area contributed by atoms with E-state index in [0.717, 1.165) is 23.4 Å². The van der Waals surface area contributed by atoms with Crippen molar-refractivity contribution in [1.29, 1.82) is 0 Å². The molecule has 4 heteroatoms. The van der Waals surface area contributed by atoms with Gasteiger partial charge >= 0.3 is 0 Å². The second-order valence-electron chi connectivity index (χ2n) is 5.16. The van der Waals surface area contributed by atoms with Crippen molar-refractivity contribution in [2.75, 3.05) is 5.32 Å². The number of H-pyrrole nitrogens is 1. The zero-order valence-corrected chi connectivity index (χ0v) is 12.1. The van der Waals surface area contributed by atoms with Gasteiger partial charge in [0.25, 0.3) is 0 Å². The summed E-state index contributed by atoms with van der Waals surface area (Å²) in [5.41, 5.74) is 4.09. The maximum atomic E-state index is 12.0. The molecular formula is C18H17N3O. The van der Waals surface area contributed by atoms with Crippen molar-refractivity contribution in [3.8, 4) is 0 Å². The van der Waals surface area contributed by atoms with Crippen molar-refractivity contribution < 1.29 is 4.79 Å². The molecule has 3 aromatic rings. The quantitative estimate of drug-likeness (QED) is 0.758. The molecule has 0 bridgehead atoms. The van der Waals surface area contributed by atoms with Gasteiger partial charge in [-0.25, -0.2) is 4.98 Å². The number of carbonyl (C=O) groups is 1. The van der Waals surface area contributed by atoms with Gasteiger partial charge in [-0.2, -0.15) is 0 Å². The molecule has 1 heterocycles. The molecule has 110 valence electrons. The number of aromatic amines is 1. The first-order chi connectivity index (χ1) is 10.8. The Hall–Kier alpha value is -2.88. The minimum Gasteiger partial charge on any atom is -0.348 e. The van der Waals surface area contributed by atoms with Crippen molar-refractivity contribution >= 4 is 11.6 Å². The minimum atomic E-state index is -0.00693. The SMILES string of the molecule is O=C(Cc1ccc(Cc2cnc[nH]2)cc1)Nc1ccccc1. The number of imidazole rings is 1. The fourth-order valence-electron chi connectivity index (χ4n) is 2.29. The lowest BCUT2D eigenvalue weighted by Crippen LogP contribution is -2.14. The molecule has 4 nitrogen and oxygen atoms in total.